The number of terminal acetylenes is 1. The van der Waals surface area contributed by atoms with Crippen molar-refractivity contribution in [1.82, 2.24) is 9.55 Å². The third kappa shape index (κ3) is 0.802. The zero-order chi connectivity index (χ0) is 8.55. The number of benzene rings is 1. The maximum Gasteiger partial charge on any atom is 0.108 e. The van der Waals surface area contributed by atoms with Gasteiger partial charge in [0.25, 0.3) is 0 Å². The van der Waals surface area contributed by atoms with Gasteiger partial charge in [-0.1, -0.05) is 18.6 Å². The maximum atomic E-state index is 5.28. The molecule has 0 aliphatic carbocycles. The number of imidazole rings is 1. The van der Waals surface area contributed by atoms with E-state index >= 15 is 0 Å². The van der Waals surface area contributed by atoms with Crippen molar-refractivity contribution in [1.29, 1.82) is 0 Å². The van der Waals surface area contributed by atoms with E-state index in [0.29, 0.717) is 0 Å². The lowest BCUT2D eigenvalue weighted by Crippen LogP contribution is -1.83. The minimum atomic E-state index is 0.982. The van der Waals surface area contributed by atoms with Crippen LogP contribution in [0.4, 0.5) is 0 Å². The summed E-state index contributed by atoms with van der Waals surface area (Å²) < 4.78 is 1.68. The highest BCUT2D eigenvalue weighted by molar-refractivity contribution is 5.79. The molecule has 0 bridgehead atoms. The fourth-order valence-corrected chi connectivity index (χ4v) is 1.29. The van der Waals surface area contributed by atoms with E-state index in [1.54, 1.807) is 10.9 Å². The first-order valence-electron chi connectivity index (χ1n) is 3.72. The van der Waals surface area contributed by atoms with Crippen molar-refractivity contribution < 1.29 is 0 Å². The lowest BCUT2D eigenvalue weighted by atomic mass is 10.2. The number of hydrogen-bond acceptors (Lipinski definition) is 1. The summed E-state index contributed by atoms with van der Waals surface area (Å²) in [5, 5.41) is 0. The van der Waals surface area contributed by atoms with Gasteiger partial charge in [-0.05, 0) is 18.6 Å². The third-order valence-corrected chi connectivity index (χ3v) is 1.92. The Morgan fingerprint density at radius 2 is 2.33 bits per heavy atom. The fraction of sp³-hybridized carbons (Fsp3) is 0.100. The van der Waals surface area contributed by atoms with E-state index in [1.807, 2.05) is 25.1 Å². The van der Waals surface area contributed by atoms with Gasteiger partial charge in [-0.15, -0.1) is 0 Å². The van der Waals surface area contributed by atoms with E-state index in [2.05, 4.69) is 11.0 Å². The molecule has 0 saturated carbocycles. The highest BCUT2D eigenvalue weighted by Gasteiger charge is 2.01. The number of rotatable bonds is 0. The second-order valence-electron chi connectivity index (χ2n) is 2.69. The van der Waals surface area contributed by atoms with Crippen LogP contribution >= 0.6 is 0 Å². The Balaban J connectivity index is 2.91. The van der Waals surface area contributed by atoms with Crippen molar-refractivity contribution in [3.05, 3.63) is 30.1 Å². The van der Waals surface area contributed by atoms with Crippen LogP contribution in [0.25, 0.3) is 11.0 Å². The van der Waals surface area contributed by atoms with Crippen molar-refractivity contribution in [3.63, 3.8) is 0 Å². The lowest BCUT2D eigenvalue weighted by Gasteiger charge is -1.94. The molecule has 0 aliphatic rings. The second kappa shape index (κ2) is 2.38. The average Bonchev–Trinajstić information content (AvgIpc) is 2.49. The van der Waals surface area contributed by atoms with Gasteiger partial charge < -0.3 is 0 Å². The number of hydrogen-bond donors (Lipinski definition) is 0. The van der Waals surface area contributed by atoms with Gasteiger partial charge in [0.2, 0.25) is 0 Å². The van der Waals surface area contributed by atoms with Crippen LogP contribution in [0.15, 0.2) is 24.5 Å². The zero-order valence-electron chi connectivity index (χ0n) is 6.78. The molecule has 0 unspecified atom stereocenters. The summed E-state index contributed by atoms with van der Waals surface area (Å²) in [5.74, 6) is 0. The summed E-state index contributed by atoms with van der Waals surface area (Å²) in [4.78, 5) is 4.21. The van der Waals surface area contributed by atoms with Crippen molar-refractivity contribution in [3.8, 4) is 12.5 Å². The Morgan fingerprint density at radius 3 is 3.08 bits per heavy atom. The predicted octanol–water partition coefficient (Wildman–Crippen LogP) is 1.78. The number of aromatic nitrogens is 2. The number of para-hydroxylation sites is 1. The minimum absolute atomic E-state index is 0.982. The summed E-state index contributed by atoms with van der Waals surface area (Å²) in [6.45, 7) is 2.02. The standard InChI is InChI=1S/C10H8N2/c1-3-12-7-11-10-8(2)5-4-6-9(10)12/h1,4-7H,2H3. The first-order valence-corrected chi connectivity index (χ1v) is 3.72. The smallest absolute Gasteiger partial charge is 0.108 e. The molecule has 2 nitrogen and oxygen atoms in total. The van der Waals surface area contributed by atoms with Gasteiger partial charge in [0.05, 0.1) is 11.0 Å². The fourth-order valence-electron chi connectivity index (χ4n) is 1.29. The molecule has 58 valence electrons. The highest BCUT2D eigenvalue weighted by Crippen LogP contribution is 2.15. The lowest BCUT2D eigenvalue weighted by molar-refractivity contribution is 1.15. The molecule has 2 rings (SSSR count). The van der Waals surface area contributed by atoms with Crippen LogP contribution < -0.4 is 0 Å². The molecule has 2 aromatic rings. The Labute approximate surface area is 70.8 Å². The third-order valence-electron chi connectivity index (χ3n) is 1.92. The Hall–Kier alpha value is -1.75. The van der Waals surface area contributed by atoms with Crippen LogP contribution in [0.1, 0.15) is 5.56 Å². The first kappa shape index (κ1) is 6.93. The van der Waals surface area contributed by atoms with Gasteiger partial charge in [-0.25, -0.2) is 4.98 Å². The topological polar surface area (TPSA) is 17.8 Å². The van der Waals surface area contributed by atoms with Gasteiger partial charge in [0.1, 0.15) is 6.33 Å². The van der Waals surface area contributed by atoms with Gasteiger partial charge in [-0.2, -0.15) is 0 Å². The Bertz CT molecular complexity index is 460. The summed E-state index contributed by atoms with van der Waals surface area (Å²) in [7, 11) is 0. The molecule has 1 heterocycles. The second-order valence-corrected chi connectivity index (χ2v) is 2.69. The van der Waals surface area contributed by atoms with Crippen molar-refractivity contribution in [2.24, 2.45) is 0 Å². The van der Waals surface area contributed by atoms with E-state index in [9.17, 15) is 0 Å². The van der Waals surface area contributed by atoms with Gasteiger partial charge >= 0.3 is 0 Å². The van der Waals surface area contributed by atoms with E-state index in [1.165, 1.54) is 0 Å². The molecular weight excluding hydrogens is 148 g/mol. The van der Waals surface area contributed by atoms with Crippen LogP contribution in [0.2, 0.25) is 0 Å². The van der Waals surface area contributed by atoms with E-state index < -0.39 is 0 Å². The van der Waals surface area contributed by atoms with Crippen molar-refractivity contribution in [2.75, 3.05) is 0 Å². The molecular formula is C10H8N2. The molecule has 0 fully saturated rings. The van der Waals surface area contributed by atoms with E-state index in [4.69, 9.17) is 6.42 Å². The van der Waals surface area contributed by atoms with Crippen LogP contribution in [0.5, 0.6) is 0 Å². The summed E-state index contributed by atoms with van der Waals surface area (Å²) >= 11 is 0. The van der Waals surface area contributed by atoms with Crippen LogP contribution in [0, 0.1) is 19.4 Å². The van der Waals surface area contributed by atoms with E-state index in [-0.39, 0.29) is 0 Å². The predicted molar refractivity (Wildman–Crippen MR) is 48.7 cm³/mol. The number of fused-ring (bicyclic) bond motifs is 1. The van der Waals surface area contributed by atoms with Gasteiger partial charge in [-0.3, -0.25) is 4.57 Å². The number of nitrogens with zero attached hydrogens (tertiary/aromatic N) is 2. The van der Waals surface area contributed by atoms with Crippen LogP contribution in [-0.4, -0.2) is 9.55 Å². The molecule has 12 heavy (non-hydrogen) atoms. The van der Waals surface area contributed by atoms with Gasteiger partial charge in [0.15, 0.2) is 0 Å². The summed E-state index contributed by atoms with van der Waals surface area (Å²) in [5.41, 5.74) is 3.13. The minimum Gasteiger partial charge on any atom is -0.257 e. The molecule has 0 radical (unpaired) electrons. The maximum absolute atomic E-state index is 5.28. The largest absolute Gasteiger partial charge is 0.257 e. The molecule has 0 amide bonds. The van der Waals surface area contributed by atoms with Crippen molar-refractivity contribution in [2.45, 2.75) is 6.92 Å². The molecule has 0 atom stereocenters. The molecule has 0 saturated heterocycles. The quantitative estimate of drug-likeness (QED) is 0.532. The average molecular weight is 156 g/mol. The monoisotopic (exact) mass is 156 g/mol. The molecule has 2 heteroatoms. The molecule has 0 spiro atoms. The molecule has 0 N–H and O–H groups in total. The summed E-state index contributed by atoms with van der Waals surface area (Å²) in [6, 6.07) is 8.50. The summed E-state index contributed by atoms with van der Waals surface area (Å²) in [6.07, 6.45) is 6.95. The molecule has 1 aromatic carbocycles. The zero-order valence-corrected chi connectivity index (χ0v) is 6.78. The van der Waals surface area contributed by atoms with Crippen molar-refractivity contribution >= 4 is 11.0 Å². The van der Waals surface area contributed by atoms with Gasteiger partial charge in [0, 0.05) is 6.04 Å². The molecule has 0 aliphatic heterocycles. The highest BCUT2D eigenvalue weighted by atomic mass is 15.0. The van der Waals surface area contributed by atoms with Crippen LogP contribution in [0.3, 0.4) is 0 Å². The van der Waals surface area contributed by atoms with E-state index in [0.717, 1.165) is 16.6 Å². The Kier molecular flexibility index (Phi) is 1.38. The Morgan fingerprint density at radius 1 is 1.50 bits per heavy atom. The van der Waals surface area contributed by atoms with Crippen LogP contribution in [-0.2, 0) is 0 Å². The SMILES string of the molecule is C#Cn1cnc2c(C)cccc21. The first-order chi connectivity index (χ1) is 5.83. The number of aryl methyl sites for hydroxylation is 1. The normalized spacial score (nSPS) is 10.0. The molecule has 1 aromatic heterocycles.